The van der Waals surface area contributed by atoms with Gasteiger partial charge < -0.3 is 24.2 Å². The summed E-state index contributed by atoms with van der Waals surface area (Å²) in [5, 5.41) is 0. The summed E-state index contributed by atoms with van der Waals surface area (Å²) >= 11 is 0. The number of hydrogen-bond acceptors (Lipinski definition) is 7. The van der Waals surface area contributed by atoms with Crippen molar-refractivity contribution in [3.05, 3.63) is 35.4 Å². The van der Waals surface area contributed by atoms with E-state index in [0.717, 1.165) is 57.9 Å². The molecule has 182 valence electrons. The molecule has 32 heavy (non-hydrogen) atoms. The fraction of sp³-hybridized carbons (Fsp3) is 0.680. The van der Waals surface area contributed by atoms with Crippen LogP contribution in [0.25, 0.3) is 0 Å². The third-order valence-electron chi connectivity index (χ3n) is 5.75. The van der Waals surface area contributed by atoms with Gasteiger partial charge in [0.15, 0.2) is 0 Å². The molecule has 7 heteroatoms. The Morgan fingerprint density at radius 2 is 1.16 bits per heavy atom. The number of hydrogen-bond donors (Lipinski definition) is 0. The van der Waals surface area contributed by atoms with Crippen LogP contribution in [0.15, 0.2) is 24.3 Å². The predicted octanol–water partition coefficient (Wildman–Crippen LogP) is 3.07. The molecule has 1 aromatic carbocycles. The zero-order valence-corrected chi connectivity index (χ0v) is 20.8. The lowest BCUT2D eigenvalue weighted by Gasteiger charge is -2.28. The van der Waals surface area contributed by atoms with Gasteiger partial charge in [-0.3, -0.25) is 4.79 Å². The van der Waals surface area contributed by atoms with Gasteiger partial charge in [-0.2, -0.15) is 0 Å². The molecule has 7 nitrogen and oxygen atoms in total. The maximum absolute atomic E-state index is 12.2. The molecule has 0 aliphatic rings. The minimum atomic E-state index is -0.403. The molecule has 0 N–H and O–H groups in total. The Kier molecular flexibility index (Phi) is 14.6. The maximum atomic E-state index is 12.2. The van der Waals surface area contributed by atoms with Gasteiger partial charge in [0.1, 0.15) is 13.2 Å². The first-order chi connectivity index (χ1) is 15.4. The van der Waals surface area contributed by atoms with Crippen molar-refractivity contribution in [2.24, 2.45) is 0 Å². The van der Waals surface area contributed by atoms with Crippen molar-refractivity contribution < 1.29 is 19.1 Å². The van der Waals surface area contributed by atoms with Gasteiger partial charge in [-0.05, 0) is 45.2 Å². The van der Waals surface area contributed by atoms with Crippen molar-refractivity contribution in [1.82, 2.24) is 14.7 Å². The first-order valence-electron chi connectivity index (χ1n) is 12.0. The van der Waals surface area contributed by atoms with Gasteiger partial charge in [-0.1, -0.05) is 45.4 Å². The van der Waals surface area contributed by atoms with Crippen molar-refractivity contribution in [2.45, 2.75) is 41.0 Å². The smallest absolute Gasteiger partial charge is 0.338 e. The summed E-state index contributed by atoms with van der Waals surface area (Å²) in [4.78, 5) is 31.3. The van der Waals surface area contributed by atoms with Crippen molar-refractivity contribution in [3.8, 4) is 0 Å². The van der Waals surface area contributed by atoms with Crippen LogP contribution in [0.2, 0.25) is 0 Å². The number of esters is 2. The Morgan fingerprint density at radius 3 is 1.66 bits per heavy atom. The third-order valence-corrected chi connectivity index (χ3v) is 5.75. The number of benzene rings is 1. The second-order valence-electron chi connectivity index (χ2n) is 7.87. The normalized spacial score (nSPS) is 11.4. The molecule has 0 atom stereocenters. The van der Waals surface area contributed by atoms with E-state index in [2.05, 4.69) is 42.4 Å². The van der Waals surface area contributed by atoms with Crippen LogP contribution in [-0.4, -0.2) is 98.8 Å². The van der Waals surface area contributed by atoms with Crippen LogP contribution >= 0.6 is 0 Å². The average Bonchev–Trinajstić information content (AvgIpc) is 2.81. The first kappa shape index (κ1) is 28.1. The Morgan fingerprint density at radius 1 is 0.688 bits per heavy atom. The fourth-order valence-corrected chi connectivity index (χ4v) is 3.37. The number of carbonyl (C=O) groups is 2. The predicted molar refractivity (Wildman–Crippen MR) is 129 cm³/mol. The Labute approximate surface area is 194 Å². The van der Waals surface area contributed by atoms with Crippen LogP contribution in [0, 0.1) is 6.92 Å². The van der Waals surface area contributed by atoms with Crippen molar-refractivity contribution >= 4 is 11.9 Å². The monoisotopic (exact) mass is 449 g/mol. The molecule has 0 radical (unpaired) electrons. The quantitative estimate of drug-likeness (QED) is 0.268. The van der Waals surface area contributed by atoms with E-state index in [0.29, 0.717) is 18.5 Å². The highest BCUT2D eigenvalue weighted by molar-refractivity contribution is 5.89. The van der Waals surface area contributed by atoms with Gasteiger partial charge in [0, 0.05) is 32.7 Å². The minimum absolute atomic E-state index is 0.0616. The molecule has 0 aromatic heterocycles. The number of rotatable bonds is 17. The highest BCUT2D eigenvalue weighted by atomic mass is 16.6. The molecule has 1 aromatic rings. The first-order valence-corrected chi connectivity index (χ1v) is 12.0. The van der Waals surface area contributed by atoms with Crippen LogP contribution in [0.3, 0.4) is 0 Å². The molecule has 0 saturated heterocycles. The van der Waals surface area contributed by atoms with E-state index in [4.69, 9.17) is 9.47 Å². The van der Waals surface area contributed by atoms with Gasteiger partial charge in [0.2, 0.25) is 0 Å². The van der Waals surface area contributed by atoms with Crippen LogP contribution in [0.5, 0.6) is 0 Å². The molecule has 0 amide bonds. The van der Waals surface area contributed by atoms with E-state index in [-0.39, 0.29) is 19.2 Å². The van der Waals surface area contributed by atoms with Crippen LogP contribution < -0.4 is 0 Å². The van der Waals surface area contributed by atoms with Gasteiger partial charge in [0.05, 0.1) is 12.0 Å². The zero-order valence-electron chi connectivity index (χ0n) is 20.8. The summed E-state index contributed by atoms with van der Waals surface area (Å²) in [5.74, 6) is -0.660. The number of likely N-dealkylation sites (N-methyl/N-ethyl adjacent to an activating group) is 2. The lowest BCUT2D eigenvalue weighted by molar-refractivity contribution is -0.145. The number of aryl methyl sites for hydroxylation is 1. The van der Waals surface area contributed by atoms with E-state index in [1.165, 1.54) is 0 Å². The van der Waals surface area contributed by atoms with E-state index >= 15 is 0 Å². The highest BCUT2D eigenvalue weighted by Crippen LogP contribution is 2.05. The second-order valence-corrected chi connectivity index (χ2v) is 7.87. The standard InChI is InChI=1S/C25H43N3O4/c1-6-26(7-2)16-18-28(19-17-27(8-3)9-4)15-14-24(29)31-20-21-32-25(30)23-12-10-22(5)11-13-23/h10-13H,6-9,14-21H2,1-5H3. The second kappa shape index (κ2) is 16.6. The summed E-state index contributed by atoms with van der Waals surface area (Å²) in [6.45, 7) is 19.5. The molecular weight excluding hydrogens is 406 g/mol. The Balaban J connectivity index is 2.36. The number of ether oxygens (including phenoxy) is 2. The van der Waals surface area contributed by atoms with Crippen LogP contribution in [0.1, 0.15) is 50.0 Å². The van der Waals surface area contributed by atoms with Crippen LogP contribution in [-0.2, 0) is 14.3 Å². The number of carbonyl (C=O) groups excluding carboxylic acids is 2. The topological polar surface area (TPSA) is 62.3 Å². The summed E-state index contributed by atoms with van der Waals surface area (Å²) in [5.41, 5.74) is 1.58. The van der Waals surface area contributed by atoms with Crippen LogP contribution in [0.4, 0.5) is 0 Å². The third kappa shape index (κ3) is 11.6. The van der Waals surface area contributed by atoms with E-state index in [1.807, 2.05) is 19.1 Å². The zero-order chi connectivity index (χ0) is 23.8. The fourth-order valence-electron chi connectivity index (χ4n) is 3.37. The van der Waals surface area contributed by atoms with Gasteiger partial charge in [0.25, 0.3) is 0 Å². The van der Waals surface area contributed by atoms with E-state index in [9.17, 15) is 9.59 Å². The Hall–Kier alpha value is -1.96. The molecule has 1 rings (SSSR count). The molecule has 0 aliphatic heterocycles. The highest BCUT2D eigenvalue weighted by Gasteiger charge is 2.13. The molecule has 0 aliphatic carbocycles. The molecule has 0 fully saturated rings. The van der Waals surface area contributed by atoms with E-state index in [1.54, 1.807) is 12.1 Å². The van der Waals surface area contributed by atoms with Crippen molar-refractivity contribution in [2.75, 3.05) is 72.1 Å². The van der Waals surface area contributed by atoms with Gasteiger partial charge in [-0.15, -0.1) is 0 Å². The van der Waals surface area contributed by atoms with E-state index < -0.39 is 5.97 Å². The largest absolute Gasteiger partial charge is 0.462 e. The minimum Gasteiger partial charge on any atom is -0.462 e. The molecule has 0 bridgehead atoms. The summed E-state index contributed by atoms with van der Waals surface area (Å²) in [6.07, 6.45) is 0.336. The lowest BCUT2D eigenvalue weighted by Crippen LogP contribution is -2.40. The number of nitrogens with zero attached hydrogens (tertiary/aromatic N) is 3. The summed E-state index contributed by atoms with van der Waals surface area (Å²) in [6, 6.07) is 7.19. The molecule has 0 unspecified atom stereocenters. The lowest BCUT2D eigenvalue weighted by atomic mass is 10.1. The van der Waals surface area contributed by atoms with Gasteiger partial charge in [-0.25, -0.2) is 4.79 Å². The summed E-state index contributed by atoms with van der Waals surface area (Å²) < 4.78 is 10.5. The molecule has 0 heterocycles. The maximum Gasteiger partial charge on any atom is 0.338 e. The molecule has 0 spiro atoms. The molecular formula is C25H43N3O4. The van der Waals surface area contributed by atoms with Crippen molar-refractivity contribution in [3.63, 3.8) is 0 Å². The summed E-state index contributed by atoms with van der Waals surface area (Å²) in [7, 11) is 0. The molecule has 0 saturated carbocycles. The van der Waals surface area contributed by atoms with Crippen molar-refractivity contribution in [1.29, 1.82) is 0 Å². The Bertz CT molecular complexity index is 627. The average molecular weight is 450 g/mol. The van der Waals surface area contributed by atoms with Gasteiger partial charge >= 0.3 is 11.9 Å². The SMILES string of the molecule is CCN(CC)CCN(CCC(=O)OCCOC(=O)c1ccc(C)cc1)CCN(CC)CC.